The SMILES string of the molecule is O=C(c1ccco1)N(Cc1ccccc1)Cc1ccccn1.[Cl-]. The molecular formula is C18H16ClN2O2-. The van der Waals surface area contributed by atoms with Crippen LogP contribution in [0.5, 0.6) is 0 Å². The number of furan rings is 1. The van der Waals surface area contributed by atoms with Crippen molar-refractivity contribution in [2.24, 2.45) is 0 Å². The number of carbonyl (C=O) groups is 1. The Morgan fingerprint density at radius 1 is 0.957 bits per heavy atom. The number of aromatic nitrogens is 1. The van der Waals surface area contributed by atoms with Crippen molar-refractivity contribution in [2.45, 2.75) is 13.1 Å². The quantitative estimate of drug-likeness (QED) is 0.686. The van der Waals surface area contributed by atoms with E-state index in [0.717, 1.165) is 11.3 Å². The third kappa shape index (κ3) is 4.44. The van der Waals surface area contributed by atoms with E-state index in [1.807, 2.05) is 48.5 Å². The number of halogens is 1. The summed E-state index contributed by atoms with van der Waals surface area (Å²) in [5.74, 6) is 0.200. The summed E-state index contributed by atoms with van der Waals surface area (Å²) >= 11 is 0. The van der Waals surface area contributed by atoms with Gasteiger partial charge in [-0.3, -0.25) is 9.78 Å². The maximum atomic E-state index is 12.6. The molecular weight excluding hydrogens is 312 g/mol. The van der Waals surface area contributed by atoms with Crippen LogP contribution in [0.15, 0.2) is 77.5 Å². The smallest absolute Gasteiger partial charge is 0.290 e. The molecule has 5 heteroatoms. The van der Waals surface area contributed by atoms with E-state index in [1.54, 1.807) is 23.2 Å². The Kier molecular flexibility index (Phi) is 5.94. The predicted octanol–water partition coefficient (Wildman–Crippen LogP) is 0.521. The molecule has 118 valence electrons. The molecule has 0 aliphatic heterocycles. The van der Waals surface area contributed by atoms with Crippen molar-refractivity contribution in [3.8, 4) is 0 Å². The zero-order valence-electron chi connectivity index (χ0n) is 12.4. The number of rotatable bonds is 5. The lowest BCUT2D eigenvalue weighted by Gasteiger charge is -2.21. The Morgan fingerprint density at radius 2 is 1.74 bits per heavy atom. The third-order valence-electron chi connectivity index (χ3n) is 3.31. The summed E-state index contributed by atoms with van der Waals surface area (Å²) in [6.45, 7) is 0.951. The summed E-state index contributed by atoms with van der Waals surface area (Å²) in [6, 6.07) is 19.0. The number of nitrogens with zero attached hydrogens (tertiary/aromatic N) is 2. The van der Waals surface area contributed by atoms with Crippen LogP contribution in [0, 0.1) is 0 Å². The van der Waals surface area contributed by atoms with E-state index in [2.05, 4.69) is 4.98 Å². The van der Waals surface area contributed by atoms with Crippen LogP contribution in [0.4, 0.5) is 0 Å². The fourth-order valence-electron chi connectivity index (χ4n) is 2.25. The maximum Gasteiger partial charge on any atom is 0.290 e. The minimum Gasteiger partial charge on any atom is -1.00 e. The highest BCUT2D eigenvalue weighted by Gasteiger charge is 2.19. The minimum absolute atomic E-state index is 0. The van der Waals surface area contributed by atoms with Gasteiger partial charge in [0, 0.05) is 12.7 Å². The zero-order valence-corrected chi connectivity index (χ0v) is 13.2. The van der Waals surface area contributed by atoms with E-state index in [9.17, 15) is 4.79 Å². The summed E-state index contributed by atoms with van der Waals surface area (Å²) in [5, 5.41) is 0. The van der Waals surface area contributed by atoms with E-state index < -0.39 is 0 Å². The summed E-state index contributed by atoms with van der Waals surface area (Å²) in [5.41, 5.74) is 1.91. The molecule has 2 heterocycles. The summed E-state index contributed by atoms with van der Waals surface area (Å²) in [7, 11) is 0. The molecule has 0 saturated carbocycles. The van der Waals surface area contributed by atoms with Crippen molar-refractivity contribution >= 4 is 5.91 Å². The van der Waals surface area contributed by atoms with Gasteiger partial charge in [0.15, 0.2) is 5.76 Å². The van der Waals surface area contributed by atoms with Gasteiger partial charge in [0.25, 0.3) is 5.91 Å². The van der Waals surface area contributed by atoms with Gasteiger partial charge in [-0.2, -0.15) is 0 Å². The molecule has 2 aromatic heterocycles. The first-order chi connectivity index (χ1) is 10.8. The topological polar surface area (TPSA) is 46.3 Å². The van der Waals surface area contributed by atoms with E-state index in [0.29, 0.717) is 18.8 Å². The van der Waals surface area contributed by atoms with Crippen molar-refractivity contribution < 1.29 is 21.6 Å². The van der Waals surface area contributed by atoms with Crippen LogP contribution in [-0.2, 0) is 13.1 Å². The molecule has 0 atom stereocenters. The average Bonchev–Trinajstić information content (AvgIpc) is 3.10. The van der Waals surface area contributed by atoms with E-state index >= 15 is 0 Å². The first-order valence-electron chi connectivity index (χ1n) is 7.09. The van der Waals surface area contributed by atoms with Crippen LogP contribution >= 0.6 is 0 Å². The van der Waals surface area contributed by atoms with Crippen molar-refractivity contribution in [3.05, 3.63) is 90.1 Å². The molecule has 0 unspecified atom stereocenters. The second kappa shape index (κ2) is 8.15. The highest BCUT2D eigenvalue weighted by atomic mass is 35.5. The molecule has 0 fully saturated rings. The minimum atomic E-state index is -0.139. The summed E-state index contributed by atoms with van der Waals surface area (Å²) < 4.78 is 5.24. The summed E-state index contributed by atoms with van der Waals surface area (Å²) in [4.78, 5) is 18.7. The fraction of sp³-hybridized carbons (Fsp3) is 0.111. The standard InChI is InChI=1S/C18H16N2O2.ClH/c21-18(17-10-6-12-22-17)20(13-15-7-2-1-3-8-15)14-16-9-4-5-11-19-16;/h1-12H,13-14H2;1H/p-1. The Hall–Kier alpha value is -2.59. The maximum absolute atomic E-state index is 12.6. The lowest BCUT2D eigenvalue weighted by molar-refractivity contribution is -0.0000138. The van der Waals surface area contributed by atoms with E-state index in [-0.39, 0.29) is 18.3 Å². The Balaban J connectivity index is 0.00000192. The third-order valence-corrected chi connectivity index (χ3v) is 3.31. The molecule has 3 rings (SSSR count). The lowest BCUT2D eigenvalue weighted by Crippen LogP contribution is -3.00. The Bertz CT molecular complexity index is 674. The summed E-state index contributed by atoms with van der Waals surface area (Å²) in [6.07, 6.45) is 3.24. The fourth-order valence-corrected chi connectivity index (χ4v) is 2.25. The van der Waals surface area contributed by atoms with Crippen LogP contribution in [-0.4, -0.2) is 15.8 Å². The van der Waals surface area contributed by atoms with Gasteiger partial charge in [-0.1, -0.05) is 36.4 Å². The first-order valence-corrected chi connectivity index (χ1v) is 7.09. The Morgan fingerprint density at radius 3 is 2.39 bits per heavy atom. The number of hydrogen-bond acceptors (Lipinski definition) is 3. The van der Waals surface area contributed by atoms with Crippen LogP contribution in [0.25, 0.3) is 0 Å². The van der Waals surface area contributed by atoms with Gasteiger partial charge in [-0.05, 0) is 29.8 Å². The zero-order chi connectivity index (χ0) is 15.2. The van der Waals surface area contributed by atoms with Crippen LogP contribution in [0.1, 0.15) is 21.8 Å². The molecule has 4 nitrogen and oxygen atoms in total. The van der Waals surface area contributed by atoms with Crippen molar-refractivity contribution in [3.63, 3.8) is 0 Å². The van der Waals surface area contributed by atoms with Gasteiger partial charge in [0.1, 0.15) is 0 Å². The predicted molar refractivity (Wildman–Crippen MR) is 83.0 cm³/mol. The van der Waals surface area contributed by atoms with Crippen LogP contribution in [0.2, 0.25) is 0 Å². The number of carbonyl (C=O) groups excluding carboxylic acids is 1. The monoisotopic (exact) mass is 327 g/mol. The Labute approximate surface area is 141 Å². The normalized spacial score (nSPS) is 9.91. The molecule has 0 N–H and O–H groups in total. The second-order valence-corrected chi connectivity index (χ2v) is 4.95. The highest BCUT2D eigenvalue weighted by molar-refractivity contribution is 5.91. The highest BCUT2D eigenvalue weighted by Crippen LogP contribution is 2.13. The van der Waals surface area contributed by atoms with Crippen LogP contribution in [0.3, 0.4) is 0 Å². The van der Waals surface area contributed by atoms with Gasteiger partial charge in [-0.25, -0.2) is 0 Å². The number of pyridine rings is 1. The van der Waals surface area contributed by atoms with Crippen molar-refractivity contribution in [1.82, 2.24) is 9.88 Å². The van der Waals surface area contributed by atoms with Gasteiger partial charge in [0.2, 0.25) is 0 Å². The molecule has 0 aliphatic rings. The molecule has 0 spiro atoms. The van der Waals surface area contributed by atoms with Crippen molar-refractivity contribution in [2.75, 3.05) is 0 Å². The van der Waals surface area contributed by atoms with Gasteiger partial charge >= 0.3 is 0 Å². The largest absolute Gasteiger partial charge is 1.00 e. The number of amides is 1. The van der Waals surface area contributed by atoms with Crippen molar-refractivity contribution in [1.29, 1.82) is 0 Å². The van der Waals surface area contributed by atoms with Crippen LogP contribution < -0.4 is 12.4 Å². The molecule has 1 amide bonds. The first kappa shape index (κ1) is 16.8. The number of hydrogen-bond donors (Lipinski definition) is 0. The molecule has 0 saturated heterocycles. The van der Waals surface area contributed by atoms with E-state index in [4.69, 9.17) is 4.42 Å². The number of benzene rings is 1. The van der Waals surface area contributed by atoms with Gasteiger partial charge in [-0.15, -0.1) is 0 Å². The lowest BCUT2D eigenvalue weighted by atomic mass is 10.2. The molecule has 0 aliphatic carbocycles. The molecule has 0 bridgehead atoms. The van der Waals surface area contributed by atoms with Gasteiger partial charge in [0.05, 0.1) is 18.5 Å². The molecule has 0 radical (unpaired) electrons. The second-order valence-electron chi connectivity index (χ2n) is 4.95. The van der Waals surface area contributed by atoms with Gasteiger partial charge < -0.3 is 21.7 Å². The van der Waals surface area contributed by atoms with E-state index in [1.165, 1.54) is 6.26 Å². The average molecular weight is 328 g/mol. The molecule has 1 aromatic carbocycles. The molecule has 23 heavy (non-hydrogen) atoms. The molecule has 3 aromatic rings.